The fourth-order valence-corrected chi connectivity index (χ4v) is 2.25. The number of nitrogens with zero attached hydrogens (tertiary/aromatic N) is 1. The van der Waals surface area contributed by atoms with E-state index in [9.17, 15) is 4.79 Å². The molecule has 1 aliphatic rings. The van der Waals surface area contributed by atoms with Crippen molar-refractivity contribution >= 4 is 5.91 Å². The van der Waals surface area contributed by atoms with Crippen LogP contribution in [0.1, 0.15) is 30.8 Å². The molecule has 1 saturated heterocycles. The first-order valence-corrected chi connectivity index (χ1v) is 5.98. The minimum absolute atomic E-state index is 0.187. The van der Waals surface area contributed by atoms with Crippen molar-refractivity contribution in [1.29, 1.82) is 0 Å². The van der Waals surface area contributed by atoms with Crippen LogP contribution in [0.25, 0.3) is 0 Å². The number of amides is 1. The standard InChI is InChI=1S/C12H18N2O3/c1-8(2)11-9(3-5-16-11)7-13-12(15)10-4-6-17-14-10/h4,6,8-9,11H,3,5,7H2,1-2H3,(H,13,15)/t9-,11-/m1/s1. The van der Waals surface area contributed by atoms with Crippen molar-refractivity contribution in [2.45, 2.75) is 26.4 Å². The van der Waals surface area contributed by atoms with E-state index in [1.165, 1.54) is 6.26 Å². The molecule has 0 bridgehead atoms. The van der Waals surface area contributed by atoms with E-state index in [2.05, 4.69) is 28.8 Å². The number of hydrogen-bond acceptors (Lipinski definition) is 4. The van der Waals surface area contributed by atoms with Crippen molar-refractivity contribution in [3.8, 4) is 0 Å². The van der Waals surface area contributed by atoms with E-state index >= 15 is 0 Å². The van der Waals surface area contributed by atoms with Gasteiger partial charge in [-0.2, -0.15) is 0 Å². The number of aromatic nitrogens is 1. The first kappa shape index (κ1) is 12.1. The van der Waals surface area contributed by atoms with E-state index in [1.807, 2.05) is 0 Å². The first-order chi connectivity index (χ1) is 8.18. The lowest BCUT2D eigenvalue weighted by Gasteiger charge is -2.21. The summed E-state index contributed by atoms with van der Waals surface area (Å²) in [6, 6.07) is 1.56. The van der Waals surface area contributed by atoms with Gasteiger partial charge in [-0.05, 0) is 12.3 Å². The van der Waals surface area contributed by atoms with E-state index in [1.54, 1.807) is 6.07 Å². The van der Waals surface area contributed by atoms with Gasteiger partial charge in [0, 0.05) is 25.1 Å². The molecule has 0 aromatic carbocycles. The Morgan fingerprint density at radius 2 is 2.47 bits per heavy atom. The highest BCUT2D eigenvalue weighted by Gasteiger charge is 2.30. The van der Waals surface area contributed by atoms with Gasteiger partial charge in [-0.25, -0.2) is 0 Å². The molecule has 2 rings (SSSR count). The monoisotopic (exact) mass is 238 g/mol. The van der Waals surface area contributed by atoms with Crippen LogP contribution in [-0.4, -0.2) is 30.3 Å². The van der Waals surface area contributed by atoms with E-state index < -0.39 is 0 Å². The van der Waals surface area contributed by atoms with Crippen LogP contribution in [0.4, 0.5) is 0 Å². The molecule has 2 heterocycles. The Balaban J connectivity index is 1.84. The van der Waals surface area contributed by atoms with Crippen LogP contribution in [0.15, 0.2) is 16.9 Å². The maximum absolute atomic E-state index is 11.7. The van der Waals surface area contributed by atoms with Crippen molar-refractivity contribution in [3.63, 3.8) is 0 Å². The minimum atomic E-state index is -0.187. The zero-order valence-corrected chi connectivity index (χ0v) is 10.2. The molecule has 5 heteroatoms. The molecule has 2 atom stereocenters. The normalized spacial score (nSPS) is 24.2. The van der Waals surface area contributed by atoms with Gasteiger partial charge in [0.25, 0.3) is 5.91 Å². The zero-order chi connectivity index (χ0) is 12.3. The molecule has 17 heavy (non-hydrogen) atoms. The first-order valence-electron chi connectivity index (χ1n) is 5.98. The second-order valence-electron chi connectivity index (χ2n) is 4.72. The second-order valence-corrected chi connectivity index (χ2v) is 4.72. The van der Waals surface area contributed by atoms with Gasteiger partial charge >= 0.3 is 0 Å². The third-order valence-electron chi connectivity index (χ3n) is 3.12. The lowest BCUT2D eigenvalue weighted by atomic mass is 9.93. The van der Waals surface area contributed by atoms with Crippen LogP contribution in [0.5, 0.6) is 0 Å². The molecule has 1 amide bonds. The average molecular weight is 238 g/mol. The van der Waals surface area contributed by atoms with Gasteiger partial charge in [0.1, 0.15) is 6.26 Å². The molecule has 0 saturated carbocycles. The van der Waals surface area contributed by atoms with Crippen LogP contribution < -0.4 is 5.32 Å². The quantitative estimate of drug-likeness (QED) is 0.862. The molecule has 1 N–H and O–H groups in total. The number of carbonyl (C=O) groups is 1. The minimum Gasteiger partial charge on any atom is -0.378 e. The summed E-state index contributed by atoms with van der Waals surface area (Å²) in [5, 5.41) is 6.47. The Hall–Kier alpha value is -1.36. The molecular weight excluding hydrogens is 220 g/mol. The number of carbonyl (C=O) groups excluding carboxylic acids is 1. The molecule has 0 aliphatic carbocycles. The summed E-state index contributed by atoms with van der Waals surface area (Å²) in [5.41, 5.74) is 0.324. The van der Waals surface area contributed by atoms with Crippen molar-refractivity contribution < 1.29 is 14.1 Å². The topological polar surface area (TPSA) is 64.4 Å². The fourth-order valence-electron chi connectivity index (χ4n) is 2.25. The van der Waals surface area contributed by atoms with Crippen molar-refractivity contribution in [1.82, 2.24) is 10.5 Å². The number of rotatable bonds is 4. The van der Waals surface area contributed by atoms with Crippen LogP contribution in [-0.2, 0) is 4.74 Å². The molecule has 0 radical (unpaired) electrons. The van der Waals surface area contributed by atoms with E-state index in [0.29, 0.717) is 24.1 Å². The maximum atomic E-state index is 11.7. The summed E-state index contributed by atoms with van der Waals surface area (Å²) in [7, 11) is 0. The van der Waals surface area contributed by atoms with E-state index in [-0.39, 0.29) is 12.0 Å². The van der Waals surface area contributed by atoms with Crippen molar-refractivity contribution in [3.05, 3.63) is 18.0 Å². The predicted octanol–water partition coefficient (Wildman–Crippen LogP) is 1.47. The summed E-state index contributed by atoms with van der Waals surface area (Å²) in [6.07, 6.45) is 2.64. The van der Waals surface area contributed by atoms with Crippen LogP contribution >= 0.6 is 0 Å². The molecular formula is C12H18N2O3. The van der Waals surface area contributed by atoms with Gasteiger partial charge in [0.05, 0.1) is 6.10 Å². The smallest absolute Gasteiger partial charge is 0.273 e. The van der Waals surface area contributed by atoms with Crippen LogP contribution in [0, 0.1) is 11.8 Å². The van der Waals surface area contributed by atoms with Gasteiger partial charge in [-0.3, -0.25) is 4.79 Å². The van der Waals surface area contributed by atoms with Crippen molar-refractivity contribution in [2.24, 2.45) is 11.8 Å². The van der Waals surface area contributed by atoms with Gasteiger partial charge in [-0.1, -0.05) is 19.0 Å². The van der Waals surface area contributed by atoms with Gasteiger partial charge < -0.3 is 14.6 Å². The Morgan fingerprint density at radius 1 is 1.65 bits per heavy atom. The predicted molar refractivity (Wildman–Crippen MR) is 61.5 cm³/mol. The largest absolute Gasteiger partial charge is 0.378 e. The molecule has 1 aliphatic heterocycles. The Kier molecular flexibility index (Phi) is 3.78. The molecule has 1 aromatic heterocycles. The van der Waals surface area contributed by atoms with Crippen LogP contribution in [0.2, 0.25) is 0 Å². The Labute approximate surface area is 101 Å². The van der Waals surface area contributed by atoms with Crippen LogP contribution in [0.3, 0.4) is 0 Å². The number of ether oxygens (including phenoxy) is 1. The SMILES string of the molecule is CC(C)[C@H]1OCC[C@@H]1CNC(=O)c1ccon1. The second kappa shape index (κ2) is 5.31. The third kappa shape index (κ3) is 2.85. The highest BCUT2D eigenvalue weighted by molar-refractivity contribution is 5.91. The molecule has 0 spiro atoms. The molecule has 1 aromatic rings. The van der Waals surface area contributed by atoms with E-state index in [4.69, 9.17) is 4.74 Å². The highest BCUT2D eigenvalue weighted by atomic mass is 16.5. The third-order valence-corrected chi connectivity index (χ3v) is 3.12. The molecule has 0 unspecified atom stereocenters. The summed E-state index contributed by atoms with van der Waals surface area (Å²) in [6.45, 7) is 5.70. The number of nitrogens with one attached hydrogen (secondary N) is 1. The van der Waals surface area contributed by atoms with Gasteiger partial charge in [-0.15, -0.1) is 0 Å². The summed E-state index contributed by atoms with van der Waals surface area (Å²) in [4.78, 5) is 11.7. The zero-order valence-electron chi connectivity index (χ0n) is 10.2. The maximum Gasteiger partial charge on any atom is 0.273 e. The summed E-state index contributed by atoms with van der Waals surface area (Å²) < 4.78 is 10.3. The molecule has 94 valence electrons. The number of hydrogen-bond donors (Lipinski definition) is 1. The van der Waals surface area contributed by atoms with Gasteiger partial charge in [0.2, 0.25) is 0 Å². The average Bonchev–Trinajstić information content (AvgIpc) is 2.96. The highest BCUT2D eigenvalue weighted by Crippen LogP contribution is 2.26. The lowest BCUT2D eigenvalue weighted by Crippen LogP contribution is -2.35. The Morgan fingerprint density at radius 3 is 3.12 bits per heavy atom. The lowest BCUT2D eigenvalue weighted by molar-refractivity contribution is 0.0533. The molecule has 1 fully saturated rings. The summed E-state index contributed by atoms with van der Waals surface area (Å²) in [5.74, 6) is 0.686. The fraction of sp³-hybridized carbons (Fsp3) is 0.667. The summed E-state index contributed by atoms with van der Waals surface area (Å²) >= 11 is 0. The van der Waals surface area contributed by atoms with Gasteiger partial charge in [0.15, 0.2) is 5.69 Å². The van der Waals surface area contributed by atoms with Crippen molar-refractivity contribution in [2.75, 3.05) is 13.2 Å². The van der Waals surface area contributed by atoms with E-state index in [0.717, 1.165) is 13.0 Å². The molecule has 5 nitrogen and oxygen atoms in total. The Bertz CT molecular complexity index is 362.